The van der Waals surface area contributed by atoms with Crippen molar-refractivity contribution < 1.29 is 0 Å². The fraction of sp³-hybridized carbons (Fsp3) is 0.333. The Labute approximate surface area is 75.2 Å². The van der Waals surface area contributed by atoms with Crippen LogP contribution in [0.15, 0.2) is 29.2 Å². The zero-order valence-electron chi connectivity index (χ0n) is 7.13. The number of rotatable bonds is 3. The maximum Gasteiger partial charge on any atom is 0.0517 e. The summed E-state index contributed by atoms with van der Waals surface area (Å²) < 4.78 is 0. The minimum absolute atomic E-state index is 0.0521. The summed E-state index contributed by atoms with van der Waals surface area (Å²) in [5.74, 6) is 1.17. The maximum absolute atomic E-state index is 2.32. The van der Waals surface area contributed by atoms with Crippen molar-refractivity contribution in [2.45, 2.75) is 18.4 Å². The number of hydrogen-bond donors (Lipinski definition) is 0. The molecule has 1 aromatic rings. The summed E-state index contributed by atoms with van der Waals surface area (Å²) in [6, 6.07) is 9.01. The van der Waals surface area contributed by atoms with Crippen molar-refractivity contribution in [1.29, 1.82) is 0 Å². The first-order valence-corrected chi connectivity index (χ1v) is 7.19. The standard InChI is InChI=1S/C9H14SSi/c1-3-10-8-4-6-9(11-2)7-5-8/h4-7H,3,11H2,1-2H3. The van der Waals surface area contributed by atoms with E-state index < -0.39 is 0 Å². The smallest absolute Gasteiger partial charge is 0.0517 e. The van der Waals surface area contributed by atoms with E-state index in [4.69, 9.17) is 0 Å². The highest BCUT2D eigenvalue weighted by Crippen LogP contribution is 2.14. The molecule has 0 heterocycles. The van der Waals surface area contributed by atoms with Crippen molar-refractivity contribution in [3.8, 4) is 0 Å². The second-order valence-electron chi connectivity index (χ2n) is 2.43. The second kappa shape index (κ2) is 4.62. The van der Waals surface area contributed by atoms with Crippen molar-refractivity contribution in [2.24, 2.45) is 0 Å². The molecular formula is C9H14SSi. The third kappa shape index (κ3) is 2.71. The molecule has 0 fully saturated rings. The molecule has 0 aliphatic carbocycles. The van der Waals surface area contributed by atoms with Gasteiger partial charge in [-0.05, 0) is 17.9 Å². The van der Waals surface area contributed by atoms with Crippen LogP contribution in [0.2, 0.25) is 6.55 Å². The minimum Gasteiger partial charge on any atom is -0.126 e. The van der Waals surface area contributed by atoms with Crippen LogP contribution in [0.3, 0.4) is 0 Å². The summed E-state index contributed by atoms with van der Waals surface area (Å²) in [4.78, 5) is 1.40. The first-order valence-electron chi connectivity index (χ1n) is 4.08. The highest BCUT2D eigenvalue weighted by molar-refractivity contribution is 7.99. The molecule has 0 aromatic heterocycles. The Morgan fingerprint density at radius 2 is 1.91 bits per heavy atom. The van der Waals surface area contributed by atoms with E-state index in [1.165, 1.54) is 10.6 Å². The number of hydrogen-bond acceptors (Lipinski definition) is 1. The Morgan fingerprint density at radius 3 is 2.36 bits per heavy atom. The molecule has 0 spiro atoms. The van der Waals surface area contributed by atoms with Gasteiger partial charge in [-0.1, -0.05) is 30.8 Å². The predicted molar refractivity (Wildman–Crippen MR) is 56.9 cm³/mol. The fourth-order valence-corrected chi connectivity index (χ4v) is 2.36. The van der Waals surface area contributed by atoms with Gasteiger partial charge in [-0.15, -0.1) is 11.8 Å². The lowest BCUT2D eigenvalue weighted by molar-refractivity contribution is 1.44. The van der Waals surface area contributed by atoms with Crippen LogP contribution in [0.5, 0.6) is 0 Å². The molecule has 0 radical (unpaired) electrons. The Balaban J connectivity index is 2.66. The lowest BCUT2D eigenvalue weighted by Gasteiger charge is -1.98. The summed E-state index contributed by atoms with van der Waals surface area (Å²) in [6.45, 7) is 4.51. The lowest BCUT2D eigenvalue weighted by Crippen LogP contribution is -2.08. The van der Waals surface area contributed by atoms with E-state index in [0.29, 0.717) is 0 Å². The van der Waals surface area contributed by atoms with Crippen LogP contribution >= 0.6 is 11.8 Å². The molecule has 0 aliphatic heterocycles. The van der Waals surface area contributed by atoms with Crippen molar-refractivity contribution in [1.82, 2.24) is 0 Å². The quantitative estimate of drug-likeness (QED) is 0.506. The largest absolute Gasteiger partial charge is 0.126 e. The normalized spacial score (nSPS) is 11.1. The summed E-state index contributed by atoms with van der Waals surface area (Å²) in [7, 11) is 0.0521. The molecule has 11 heavy (non-hydrogen) atoms. The molecule has 60 valence electrons. The van der Waals surface area contributed by atoms with Gasteiger partial charge in [0.05, 0.1) is 9.52 Å². The van der Waals surface area contributed by atoms with Gasteiger partial charge in [0.2, 0.25) is 0 Å². The molecule has 1 rings (SSSR count). The molecular weight excluding hydrogens is 168 g/mol. The Kier molecular flexibility index (Phi) is 3.73. The predicted octanol–water partition coefficient (Wildman–Crippen LogP) is 1.64. The molecule has 0 atom stereocenters. The van der Waals surface area contributed by atoms with E-state index in [-0.39, 0.29) is 9.52 Å². The SMILES string of the molecule is CCSc1ccc([SiH2]C)cc1. The van der Waals surface area contributed by atoms with Gasteiger partial charge in [-0.2, -0.15) is 0 Å². The molecule has 2 heteroatoms. The van der Waals surface area contributed by atoms with Crippen molar-refractivity contribution in [3.05, 3.63) is 24.3 Å². The van der Waals surface area contributed by atoms with Crippen molar-refractivity contribution in [2.75, 3.05) is 5.75 Å². The molecule has 1 aromatic carbocycles. The van der Waals surface area contributed by atoms with Crippen molar-refractivity contribution >= 4 is 26.5 Å². The first-order chi connectivity index (χ1) is 5.36. The zero-order valence-corrected chi connectivity index (χ0v) is 9.36. The molecule has 0 amide bonds. The second-order valence-corrected chi connectivity index (χ2v) is 5.29. The van der Waals surface area contributed by atoms with Gasteiger partial charge < -0.3 is 0 Å². The summed E-state index contributed by atoms with van der Waals surface area (Å²) >= 11 is 1.91. The maximum atomic E-state index is 2.32. The van der Waals surface area contributed by atoms with E-state index in [9.17, 15) is 0 Å². The molecule has 0 nitrogen and oxygen atoms in total. The van der Waals surface area contributed by atoms with Crippen LogP contribution in [-0.4, -0.2) is 15.3 Å². The summed E-state index contributed by atoms with van der Waals surface area (Å²) in [6.07, 6.45) is 0. The van der Waals surface area contributed by atoms with E-state index in [1.54, 1.807) is 5.19 Å². The van der Waals surface area contributed by atoms with Gasteiger partial charge in [0.15, 0.2) is 0 Å². The van der Waals surface area contributed by atoms with Crippen LogP contribution in [0.4, 0.5) is 0 Å². The van der Waals surface area contributed by atoms with Crippen LogP contribution < -0.4 is 5.19 Å². The highest BCUT2D eigenvalue weighted by atomic mass is 32.2. The Bertz CT molecular complexity index is 205. The Morgan fingerprint density at radius 1 is 1.27 bits per heavy atom. The van der Waals surface area contributed by atoms with Crippen LogP contribution in [0, 0.1) is 0 Å². The zero-order chi connectivity index (χ0) is 8.10. The molecule has 0 saturated carbocycles. The van der Waals surface area contributed by atoms with Crippen LogP contribution in [0.1, 0.15) is 6.92 Å². The van der Waals surface area contributed by atoms with Gasteiger partial charge in [0.1, 0.15) is 0 Å². The van der Waals surface area contributed by atoms with Gasteiger partial charge in [-0.25, -0.2) is 0 Å². The third-order valence-electron chi connectivity index (χ3n) is 1.64. The monoisotopic (exact) mass is 182 g/mol. The summed E-state index contributed by atoms with van der Waals surface area (Å²) in [5, 5.41) is 1.56. The van der Waals surface area contributed by atoms with Gasteiger partial charge in [0.25, 0.3) is 0 Å². The van der Waals surface area contributed by atoms with Crippen molar-refractivity contribution in [3.63, 3.8) is 0 Å². The van der Waals surface area contributed by atoms with E-state index in [0.717, 1.165) is 0 Å². The Hall–Kier alpha value is -0.213. The number of thioether (sulfide) groups is 1. The van der Waals surface area contributed by atoms with Crippen LogP contribution in [-0.2, 0) is 0 Å². The average molecular weight is 182 g/mol. The summed E-state index contributed by atoms with van der Waals surface area (Å²) in [5.41, 5.74) is 0. The van der Waals surface area contributed by atoms with Gasteiger partial charge in [0, 0.05) is 4.90 Å². The van der Waals surface area contributed by atoms with Gasteiger partial charge >= 0.3 is 0 Å². The van der Waals surface area contributed by atoms with E-state index in [1.807, 2.05) is 11.8 Å². The number of benzene rings is 1. The lowest BCUT2D eigenvalue weighted by atomic mass is 10.4. The molecule has 0 unspecified atom stereocenters. The molecule has 0 aliphatic rings. The molecule has 0 bridgehead atoms. The first kappa shape index (κ1) is 8.88. The highest BCUT2D eigenvalue weighted by Gasteiger charge is 1.91. The minimum atomic E-state index is 0.0521. The molecule has 0 saturated heterocycles. The topological polar surface area (TPSA) is 0 Å². The van der Waals surface area contributed by atoms with Gasteiger partial charge in [-0.3, -0.25) is 0 Å². The fourth-order valence-electron chi connectivity index (χ4n) is 0.988. The van der Waals surface area contributed by atoms with E-state index >= 15 is 0 Å². The third-order valence-corrected chi connectivity index (χ3v) is 3.82. The average Bonchev–Trinajstić information content (AvgIpc) is 2.07. The molecule has 0 N–H and O–H groups in total. The van der Waals surface area contributed by atoms with Crippen LogP contribution in [0.25, 0.3) is 0 Å². The van der Waals surface area contributed by atoms with E-state index in [2.05, 4.69) is 37.7 Å².